The van der Waals surface area contributed by atoms with E-state index in [1.54, 1.807) is 0 Å². The monoisotopic (exact) mass is 875 g/mol. The number of allylic oxidation sites excluding steroid dienone is 16. The highest BCUT2D eigenvalue weighted by atomic mass is 16.6. The number of carbonyl (C=O) groups is 2. The van der Waals surface area contributed by atoms with E-state index in [4.69, 9.17) is 9.47 Å². The predicted octanol–water partition coefficient (Wildman–Crippen LogP) is 17.6. The van der Waals surface area contributed by atoms with Crippen molar-refractivity contribution in [2.45, 2.75) is 245 Å². The SMILES string of the molecule is CC/C=C\C/C=C\C/C=C\C/C=C\C/C=C\C/C=C\CCCCCCCCCCCCCCCCCCC(=O)OC(CO)COC(=O)CCCCCCC/C=C\C/C=C\CCCC. The summed E-state index contributed by atoms with van der Waals surface area (Å²) in [5.41, 5.74) is 0. The van der Waals surface area contributed by atoms with E-state index in [1.165, 1.54) is 122 Å². The first-order valence-electron chi connectivity index (χ1n) is 26.3. The van der Waals surface area contributed by atoms with Crippen molar-refractivity contribution in [2.75, 3.05) is 13.2 Å². The molecule has 0 aromatic carbocycles. The normalized spacial score (nSPS) is 13.0. The molecule has 360 valence electrons. The van der Waals surface area contributed by atoms with Gasteiger partial charge in [-0.05, 0) is 89.9 Å². The molecule has 1 atom stereocenters. The Balaban J connectivity index is 3.49. The van der Waals surface area contributed by atoms with Gasteiger partial charge in [-0.1, -0.05) is 233 Å². The van der Waals surface area contributed by atoms with Crippen LogP contribution in [0.4, 0.5) is 0 Å². The zero-order valence-electron chi connectivity index (χ0n) is 41.1. The lowest BCUT2D eigenvalue weighted by atomic mass is 10.0. The molecule has 0 bridgehead atoms. The lowest BCUT2D eigenvalue weighted by Gasteiger charge is -2.15. The van der Waals surface area contributed by atoms with Gasteiger partial charge in [0.05, 0.1) is 6.61 Å². The molecule has 0 aliphatic carbocycles. The quantitative estimate of drug-likeness (QED) is 0.0375. The minimum atomic E-state index is -0.781. The van der Waals surface area contributed by atoms with Gasteiger partial charge in [-0.2, -0.15) is 0 Å². The molecule has 0 radical (unpaired) electrons. The summed E-state index contributed by atoms with van der Waals surface area (Å²) in [7, 11) is 0. The molecule has 0 saturated heterocycles. The van der Waals surface area contributed by atoms with Gasteiger partial charge in [0.1, 0.15) is 6.61 Å². The van der Waals surface area contributed by atoms with Gasteiger partial charge in [-0.25, -0.2) is 0 Å². The first kappa shape index (κ1) is 59.8. The van der Waals surface area contributed by atoms with Crippen LogP contribution in [0.2, 0.25) is 0 Å². The first-order valence-corrected chi connectivity index (χ1v) is 26.3. The van der Waals surface area contributed by atoms with E-state index in [-0.39, 0.29) is 25.2 Å². The van der Waals surface area contributed by atoms with Crippen molar-refractivity contribution < 1.29 is 24.2 Å². The van der Waals surface area contributed by atoms with E-state index >= 15 is 0 Å². The summed E-state index contributed by atoms with van der Waals surface area (Å²) in [4.78, 5) is 24.4. The van der Waals surface area contributed by atoms with Crippen molar-refractivity contribution in [3.8, 4) is 0 Å². The zero-order valence-corrected chi connectivity index (χ0v) is 41.1. The Labute approximate surface area is 389 Å². The summed E-state index contributed by atoms with van der Waals surface area (Å²) in [6.45, 7) is 3.97. The molecule has 0 aromatic heterocycles. The number of hydrogen-bond acceptors (Lipinski definition) is 5. The molecule has 1 unspecified atom stereocenters. The van der Waals surface area contributed by atoms with E-state index in [9.17, 15) is 14.7 Å². The molecule has 0 aliphatic rings. The van der Waals surface area contributed by atoms with E-state index < -0.39 is 6.10 Å². The van der Waals surface area contributed by atoms with Gasteiger partial charge in [0.25, 0.3) is 0 Å². The summed E-state index contributed by atoms with van der Waals surface area (Å²) >= 11 is 0. The number of aliphatic hydroxyl groups is 1. The number of esters is 2. The lowest BCUT2D eigenvalue weighted by Crippen LogP contribution is -2.28. The van der Waals surface area contributed by atoms with E-state index in [0.29, 0.717) is 12.8 Å². The van der Waals surface area contributed by atoms with E-state index in [0.717, 1.165) is 89.9 Å². The highest BCUT2D eigenvalue weighted by Crippen LogP contribution is 2.15. The second kappa shape index (κ2) is 53.2. The molecule has 0 fully saturated rings. The van der Waals surface area contributed by atoms with E-state index in [2.05, 4.69) is 111 Å². The van der Waals surface area contributed by atoms with Gasteiger partial charge in [-0.15, -0.1) is 0 Å². The van der Waals surface area contributed by atoms with Crippen LogP contribution in [0.3, 0.4) is 0 Å². The van der Waals surface area contributed by atoms with E-state index in [1.807, 2.05) is 0 Å². The van der Waals surface area contributed by atoms with Crippen molar-refractivity contribution >= 4 is 11.9 Å². The fourth-order valence-corrected chi connectivity index (χ4v) is 7.16. The molecule has 0 heterocycles. The third-order valence-corrected chi connectivity index (χ3v) is 11.1. The molecule has 0 amide bonds. The van der Waals surface area contributed by atoms with Crippen LogP contribution >= 0.6 is 0 Å². The number of hydrogen-bond donors (Lipinski definition) is 1. The standard InChI is InChI=1S/C58H98O5/c1-3-5-7-9-11-13-15-17-19-20-21-22-23-24-25-26-27-28-29-30-31-32-33-34-35-36-37-38-39-41-43-45-47-49-51-53-58(61)63-56(54-59)55-62-57(60)52-50-48-46-44-42-40-18-16-14-12-10-8-6-4-2/h5,7,10-13,16-19,21-22,24-25,27-28,56,59H,3-4,6,8-9,14-15,20,23,26,29-55H2,1-2H3/b7-5-,12-10-,13-11-,18-16-,19-17-,22-21-,25-24-,28-27-. The van der Waals surface area contributed by atoms with Gasteiger partial charge in [-0.3, -0.25) is 9.59 Å². The van der Waals surface area contributed by atoms with Gasteiger partial charge in [0.15, 0.2) is 6.10 Å². The minimum absolute atomic E-state index is 0.0754. The average molecular weight is 875 g/mol. The molecule has 0 aliphatic heterocycles. The molecule has 1 N–H and O–H groups in total. The number of unbranched alkanes of at least 4 members (excludes halogenated alkanes) is 23. The smallest absolute Gasteiger partial charge is 0.306 e. The van der Waals surface area contributed by atoms with Gasteiger partial charge in [0, 0.05) is 12.8 Å². The Hall–Kier alpha value is -3.18. The zero-order chi connectivity index (χ0) is 45.6. The molecule has 0 spiro atoms. The largest absolute Gasteiger partial charge is 0.462 e. The van der Waals surface area contributed by atoms with Crippen LogP contribution in [-0.2, 0) is 19.1 Å². The molecular formula is C58H98O5. The van der Waals surface area contributed by atoms with Crippen molar-refractivity contribution in [3.05, 3.63) is 97.2 Å². The molecule has 0 saturated carbocycles. The number of carbonyl (C=O) groups excluding carboxylic acids is 2. The van der Waals surface area contributed by atoms with Crippen molar-refractivity contribution in [1.29, 1.82) is 0 Å². The number of rotatable bonds is 47. The second-order valence-electron chi connectivity index (χ2n) is 17.2. The molecule has 63 heavy (non-hydrogen) atoms. The van der Waals surface area contributed by atoms with Crippen LogP contribution in [-0.4, -0.2) is 36.4 Å². The highest BCUT2D eigenvalue weighted by Gasteiger charge is 2.16. The summed E-state index contributed by atoms with van der Waals surface area (Å²) in [6, 6.07) is 0. The van der Waals surface area contributed by atoms with Gasteiger partial charge in [0.2, 0.25) is 0 Å². The summed E-state index contributed by atoms with van der Waals surface area (Å²) in [5.74, 6) is -0.607. The molecular weight excluding hydrogens is 777 g/mol. The van der Waals surface area contributed by atoms with Crippen LogP contribution in [0.25, 0.3) is 0 Å². The second-order valence-corrected chi connectivity index (χ2v) is 17.2. The predicted molar refractivity (Wildman–Crippen MR) is 274 cm³/mol. The van der Waals surface area contributed by atoms with Crippen molar-refractivity contribution in [3.63, 3.8) is 0 Å². The summed E-state index contributed by atoms with van der Waals surface area (Å²) < 4.78 is 10.7. The molecule has 0 aromatic rings. The topological polar surface area (TPSA) is 72.8 Å². The Kier molecular flexibility index (Phi) is 50.5. The highest BCUT2D eigenvalue weighted by molar-refractivity contribution is 5.70. The molecule has 0 rings (SSSR count). The Morgan fingerprint density at radius 3 is 1.03 bits per heavy atom. The van der Waals surface area contributed by atoms with Crippen LogP contribution in [0.5, 0.6) is 0 Å². The fraction of sp³-hybridized carbons (Fsp3) is 0.690. The number of ether oxygens (including phenoxy) is 2. The minimum Gasteiger partial charge on any atom is -0.462 e. The molecule has 5 nitrogen and oxygen atoms in total. The third kappa shape index (κ3) is 51.3. The van der Waals surface area contributed by atoms with Crippen LogP contribution < -0.4 is 0 Å². The maximum absolute atomic E-state index is 12.3. The van der Waals surface area contributed by atoms with Crippen molar-refractivity contribution in [1.82, 2.24) is 0 Å². The summed E-state index contributed by atoms with van der Waals surface area (Å²) in [5, 5.41) is 9.61. The van der Waals surface area contributed by atoms with Crippen LogP contribution in [0.15, 0.2) is 97.2 Å². The van der Waals surface area contributed by atoms with Crippen LogP contribution in [0, 0.1) is 0 Å². The Morgan fingerprint density at radius 1 is 0.381 bits per heavy atom. The molecule has 5 heteroatoms. The lowest BCUT2D eigenvalue weighted by molar-refractivity contribution is -0.161. The fourth-order valence-electron chi connectivity index (χ4n) is 7.16. The average Bonchev–Trinajstić information content (AvgIpc) is 3.29. The number of aliphatic hydroxyl groups excluding tert-OH is 1. The Morgan fingerprint density at radius 2 is 0.683 bits per heavy atom. The first-order chi connectivity index (χ1) is 31.1. The van der Waals surface area contributed by atoms with Gasteiger partial charge < -0.3 is 14.6 Å². The Bertz CT molecular complexity index is 1220. The van der Waals surface area contributed by atoms with Gasteiger partial charge >= 0.3 is 11.9 Å². The third-order valence-electron chi connectivity index (χ3n) is 11.1. The maximum Gasteiger partial charge on any atom is 0.306 e. The van der Waals surface area contributed by atoms with Crippen molar-refractivity contribution in [2.24, 2.45) is 0 Å². The maximum atomic E-state index is 12.3. The summed E-state index contributed by atoms with van der Waals surface area (Å²) in [6.07, 6.45) is 75.1. The van der Waals surface area contributed by atoms with Crippen LogP contribution in [0.1, 0.15) is 239 Å².